The minimum absolute atomic E-state index is 0.0231. The number of nitrogens with zero attached hydrogens (tertiary/aromatic N) is 4. The second-order valence-electron chi connectivity index (χ2n) is 6.44. The fraction of sp³-hybridized carbons (Fsp3) is 0.353. The Balaban J connectivity index is 1.61. The molecular formula is C17H16N4O3. The molecule has 0 N–H and O–H groups in total. The van der Waals surface area contributed by atoms with E-state index in [4.69, 9.17) is 9.15 Å². The summed E-state index contributed by atoms with van der Waals surface area (Å²) in [5.41, 5.74) is 3.23. The molecule has 7 heteroatoms. The van der Waals surface area contributed by atoms with E-state index in [9.17, 15) is 4.79 Å². The van der Waals surface area contributed by atoms with Gasteiger partial charge in [0.15, 0.2) is 12.2 Å². The first-order chi connectivity index (χ1) is 11.7. The first-order valence-corrected chi connectivity index (χ1v) is 8.00. The number of amides is 1. The lowest BCUT2D eigenvalue weighted by Crippen LogP contribution is -2.41. The molecule has 0 aromatic carbocycles. The zero-order valence-corrected chi connectivity index (χ0v) is 13.2. The molecule has 7 nitrogen and oxygen atoms in total. The third-order valence-corrected chi connectivity index (χ3v) is 4.84. The summed E-state index contributed by atoms with van der Waals surface area (Å²) in [4.78, 5) is 18.9. The number of morpholine rings is 1. The molecule has 3 aromatic rings. The molecule has 2 saturated heterocycles. The number of ether oxygens (including phenoxy) is 1. The van der Waals surface area contributed by atoms with Gasteiger partial charge in [-0.05, 0) is 31.0 Å². The average Bonchev–Trinajstić information content (AvgIpc) is 3.34. The van der Waals surface area contributed by atoms with E-state index in [0.717, 1.165) is 23.2 Å². The van der Waals surface area contributed by atoms with Crippen LogP contribution >= 0.6 is 0 Å². The van der Waals surface area contributed by atoms with Gasteiger partial charge in [-0.2, -0.15) is 5.10 Å². The fourth-order valence-corrected chi connectivity index (χ4v) is 3.71. The maximum absolute atomic E-state index is 13.0. The normalized spacial score (nSPS) is 22.6. The van der Waals surface area contributed by atoms with Crippen LogP contribution in [0.15, 0.2) is 35.3 Å². The van der Waals surface area contributed by atoms with E-state index in [1.165, 1.54) is 6.39 Å². The number of carbonyl (C=O) groups excluding carboxylic acids is 1. The van der Waals surface area contributed by atoms with Gasteiger partial charge in [-0.3, -0.25) is 4.79 Å². The summed E-state index contributed by atoms with van der Waals surface area (Å²) in [6.45, 7) is 3.30. The number of pyridine rings is 1. The van der Waals surface area contributed by atoms with Crippen LogP contribution < -0.4 is 0 Å². The lowest BCUT2D eigenvalue weighted by molar-refractivity contribution is 0.0260. The Hall–Kier alpha value is -2.67. The quantitative estimate of drug-likeness (QED) is 0.720. The number of fused-ring (bicyclic) bond motifs is 3. The molecule has 122 valence electrons. The van der Waals surface area contributed by atoms with Gasteiger partial charge in [0.05, 0.1) is 42.2 Å². The summed E-state index contributed by atoms with van der Waals surface area (Å²) >= 11 is 0. The van der Waals surface area contributed by atoms with Crippen LogP contribution in [0.5, 0.6) is 0 Å². The summed E-state index contributed by atoms with van der Waals surface area (Å²) in [5.74, 6) is 0.648. The molecule has 2 aliphatic rings. The van der Waals surface area contributed by atoms with E-state index in [-0.39, 0.29) is 18.1 Å². The standard InChI is InChI=1S/C17H16N4O3/c1-10-2-14-13(17(22)20-7-12-4-11(20)8-23-12)5-19-21(14)15(3-10)16-6-18-9-24-16/h2-3,5-6,9,11-12H,4,7-8H2,1H3/t11-,12-/m0/s1. The summed E-state index contributed by atoms with van der Waals surface area (Å²) in [7, 11) is 0. The van der Waals surface area contributed by atoms with E-state index < -0.39 is 0 Å². The molecule has 0 unspecified atom stereocenters. The Bertz CT molecular complexity index is 931. The third-order valence-electron chi connectivity index (χ3n) is 4.84. The predicted octanol–water partition coefficient (Wildman–Crippen LogP) is 1.91. The van der Waals surface area contributed by atoms with Crippen LogP contribution in [0.4, 0.5) is 0 Å². The van der Waals surface area contributed by atoms with Gasteiger partial charge in [0, 0.05) is 6.54 Å². The molecular weight excluding hydrogens is 308 g/mol. The maximum Gasteiger partial charge on any atom is 0.258 e. The highest BCUT2D eigenvalue weighted by Gasteiger charge is 2.42. The largest absolute Gasteiger partial charge is 0.442 e. The first-order valence-electron chi connectivity index (χ1n) is 8.00. The van der Waals surface area contributed by atoms with Crippen LogP contribution in [0.3, 0.4) is 0 Å². The third kappa shape index (κ3) is 1.91. The number of rotatable bonds is 2. The number of carbonyl (C=O) groups is 1. The second kappa shape index (κ2) is 4.91. The highest BCUT2D eigenvalue weighted by atomic mass is 16.5. The van der Waals surface area contributed by atoms with Gasteiger partial charge in [-0.1, -0.05) is 0 Å². The molecule has 0 spiro atoms. The molecule has 5 heterocycles. The van der Waals surface area contributed by atoms with Crippen molar-refractivity contribution in [3.8, 4) is 11.5 Å². The van der Waals surface area contributed by atoms with Gasteiger partial charge >= 0.3 is 0 Å². The molecule has 0 aliphatic carbocycles. The first kappa shape index (κ1) is 13.7. The second-order valence-corrected chi connectivity index (χ2v) is 6.44. The number of oxazole rings is 1. The summed E-state index contributed by atoms with van der Waals surface area (Å²) in [6.07, 6.45) is 5.80. The zero-order valence-electron chi connectivity index (χ0n) is 13.2. The van der Waals surface area contributed by atoms with Crippen LogP contribution in [0.25, 0.3) is 17.0 Å². The molecule has 0 radical (unpaired) electrons. The van der Waals surface area contributed by atoms with Gasteiger partial charge in [-0.25, -0.2) is 9.50 Å². The average molecular weight is 324 g/mol. The Morgan fingerprint density at radius 1 is 1.33 bits per heavy atom. The molecule has 5 rings (SSSR count). The number of hydrogen-bond acceptors (Lipinski definition) is 5. The van der Waals surface area contributed by atoms with E-state index in [1.54, 1.807) is 16.9 Å². The predicted molar refractivity (Wildman–Crippen MR) is 84.6 cm³/mol. The van der Waals surface area contributed by atoms with Gasteiger partial charge in [-0.15, -0.1) is 0 Å². The maximum atomic E-state index is 13.0. The smallest absolute Gasteiger partial charge is 0.258 e. The summed E-state index contributed by atoms with van der Waals surface area (Å²) < 4.78 is 12.7. The Morgan fingerprint density at radius 2 is 2.25 bits per heavy atom. The van der Waals surface area contributed by atoms with Crippen molar-refractivity contribution in [3.05, 3.63) is 42.0 Å². The van der Waals surface area contributed by atoms with E-state index in [0.29, 0.717) is 24.5 Å². The molecule has 2 aliphatic heterocycles. The van der Waals surface area contributed by atoms with Crippen molar-refractivity contribution in [3.63, 3.8) is 0 Å². The number of likely N-dealkylation sites (tertiary alicyclic amines) is 1. The topological polar surface area (TPSA) is 72.9 Å². The Kier molecular flexibility index (Phi) is 2.81. The molecule has 1 amide bonds. The number of aryl methyl sites for hydroxylation is 1. The van der Waals surface area contributed by atoms with Crippen LogP contribution in [0, 0.1) is 6.92 Å². The van der Waals surface area contributed by atoms with Gasteiger partial charge in [0.25, 0.3) is 5.91 Å². The molecule has 0 saturated carbocycles. The molecule has 2 atom stereocenters. The molecule has 2 bridgehead atoms. The Labute approximate surface area is 137 Å². The van der Waals surface area contributed by atoms with Gasteiger partial charge in [0.1, 0.15) is 5.69 Å². The molecule has 24 heavy (non-hydrogen) atoms. The van der Waals surface area contributed by atoms with Crippen LogP contribution in [0.2, 0.25) is 0 Å². The summed E-state index contributed by atoms with van der Waals surface area (Å²) in [6, 6.07) is 4.14. The number of aromatic nitrogens is 3. The van der Waals surface area contributed by atoms with Crippen molar-refractivity contribution in [2.45, 2.75) is 25.5 Å². The van der Waals surface area contributed by atoms with Crippen LogP contribution in [-0.2, 0) is 4.74 Å². The van der Waals surface area contributed by atoms with Crippen molar-refractivity contribution < 1.29 is 13.9 Å². The lowest BCUT2D eigenvalue weighted by atomic mass is 10.1. The summed E-state index contributed by atoms with van der Waals surface area (Å²) in [5, 5.41) is 4.42. The van der Waals surface area contributed by atoms with Gasteiger partial charge in [0.2, 0.25) is 0 Å². The van der Waals surface area contributed by atoms with Crippen molar-refractivity contribution >= 4 is 11.4 Å². The van der Waals surface area contributed by atoms with E-state index in [2.05, 4.69) is 10.1 Å². The highest BCUT2D eigenvalue weighted by molar-refractivity contribution is 6.01. The van der Waals surface area contributed by atoms with Gasteiger partial charge < -0.3 is 14.1 Å². The van der Waals surface area contributed by atoms with Crippen molar-refractivity contribution in [1.82, 2.24) is 19.5 Å². The van der Waals surface area contributed by atoms with Crippen molar-refractivity contribution in [1.29, 1.82) is 0 Å². The molecule has 3 aromatic heterocycles. The minimum atomic E-state index is 0.0231. The Morgan fingerprint density at radius 3 is 2.96 bits per heavy atom. The number of hydrogen-bond donors (Lipinski definition) is 0. The van der Waals surface area contributed by atoms with E-state index >= 15 is 0 Å². The lowest BCUT2D eigenvalue weighted by Gasteiger charge is -2.26. The fourth-order valence-electron chi connectivity index (χ4n) is 3.71. The van der Waals surface area contributed by atoms with E-state index in [1.807, 2.05) is 24.0 Å². The van der Waals surface area contributed by atoms with Crippen molar-refractivity contribution in [2.24, 2.45) is 0 Å². The monoisotopic (exact) mass is 324 g/mol. The zero-order chi connectivity index (χ0) is 16.3. The minimum Gasteiger partial charge on any atom is -0.442 e. The van der Waals surface area contributed by atoms with Crippen LogP contribution in [-0.4, -0.2) is 50.7 Å². The highest BCUT2D eigenvalue weighted by Crippen LogP contribution is 2.31. The van der Waals surface area contributed by atoms with Crippen LogP contribution in [0.1, 0.15) is 22.3 Å². The van der Waals surface area contributed by atoms with Crippen molar-refractivity contribution in [2.75, 3.05) is 13.2 Å². The molecule has 2 fully saturated rings. The SMILES string of the molecule is Cc1cc(-c2cnco2)n2ncc(C(=O)N3C[C@@H]4C[C@H]3CO4)c2c1.